The lowest BCUT2D eigenvalue weighted by Gasteiger charge is -2.29. The zero-order chi connectivity index (χ0) is 89.4. The van der Waals surface area contributed by atoms with Gasteiger partial charge in [-0.15, -0.1) is 0 Å². The molecule has 6 atom stereocenters. The summed E-state index contributed by atoms with van der Waals surface area (Å²) in [6.45, 7) is 0.327. The Morgan fingerprint density at radius 2 is 0.400 bits per heavy atom. The minimum absolute atomic E-state index is 0.0286. The summed E-state index contributed by atoms with van der Waals surface area (Å²) in [5, 5.41) is 12.8. The van der Waals surface area contributed by atoms with Gasteiger partial charge in [-0.1, -0.05) is 0 Å². The molecule has 0 radical (unpaired) electrons. The minimum Gasteiger partial charge on any atom is -0.398 e. The monoisotopic (exact) mass is 1670 g/mol. The maximum Gasteiger partial charge on any atom is 0.255 e. The molecule has 12 aliphatic heterocycles. The van der Waals surface area contributed by atoms with Gasteiger partial charge >= 0.3 is 0 Å². The molecule has 120 heavy (non-hydrogen) atoms. The van der Waals surface area contributed by atoms with Gasteiger partial charge in [-0.05, 0) is 111 Å². The third kappa shape index (κ3) is 16.6. The first kappa shape index (κ1) is 79.2. The predicted octanol–water partition coefficient (Wildman–Crippen LogP) is 1.01. The average molecular weight is 1670 g/mol. The summed E-state index contributed by atoms with van der Waals surface area (Å²) in [7, 11) is 0. The number of hydrogen-bond acceptors (Lipinski definition) is 24. The number of anilines is 6. The first-order chi connectivity index (χ1) is 57.9. The zero-order valence-corrected chi connectivity index (χ0v) is 62.7. The Kier molecular flexibility index (Phi) is 21.9. The molecule has 12 heterocycles. The Bertz CT molecular complexity index is 5250. The van der Waals surface area contributed by atoms with Gasteiger partial charge in [0, 0.05) is 179 Å². The van der Waals surface area contributed by atoms with Crippen molar-refractivity contribution in [1.29, 1.82) is 0 Å². The van der Waals surface area contributed by atoms with Crippen LogP contribution in [0.3, 0.4) is 0 Å². The first-order valence-electron chi connectivity index (χ1n) is 38.3. The van der Waals surface area contributed by atoms with Crippen LogP contribution >= 0.6 is 0 Å². The van der Waals surface area contributed by atoms with Crippen molar-refractivity contribution in [1.82, 2.24) is 61.3 Å². The molecule has 18 rings (SSSR count). The third-order valence-electron chi connectivity index (χ3n) is 21.4. The number of carbonyl (C=O) groups is 18. The lowest BCUT2D eigenvalue weighted by Crippen LogP contribution is -2.52. The number of benzene rings is 6. The molecule has 0 aromatic heterocycles. The van der Waals surface area contributed by atoms with Crippen molar-refractivity contribution in [2.75, 3.05) is 34.4 Å². The lowest BCUT2D eigenvalue weighted by molar-refractivity contribution is -0.138. The second-order valence-electron chi connectivity index (χ2n) is 29.0. The first-order valence-corrected chi connectivity index (χ1v) is 36.8. The van der Waals surface area contributed by atoms with Crippen LogP contribution in [-0.2, 0) is 96.8 Å². The van der Waals surface area contributed by atoms with E-state index in [0.29, 0.717) is 33.4 Å². The molecule has 12 aliphatic rings. The summed E-state index contributed by atoms with van der Waals surface area (Å²) < 4.78 is 105. The van der Waals surface area contributed by atoms with E-state index in [0.717, 1.165) is 87.5 Å². The van der Waals surface area contributed by atoms with Gasteiger partial charge in [-0.25, -0.2) is 26.3 Å². The number of nitrogens with zero attached hydrogens (tertiary/aromatic N) is 6. The molecule has 6 aromatic rings. The van der Waals surface area contributed by atoms with E-state index in [1.54, 1.807) is 0 Å². The number of nitrogen functional groups attached to an aromatic ring is 6. The smallest absolute Gasteiger partial charge is 0.255 e. The number of hydrogen-bond donors (Lipinski definition) is 12. The highest BCUT2D eigenvalue weighted by Gasteiger charge is 2.47. The molecule has 6 aromatic carbocycles. The highest BCUT2D eigenvalue weighted by atomic mass is 19.1. The number of halogens is 6. The fraction of sp³-hybridized carbons (Fsp3) is 0.308. The number of piperidine rings is 6. The van der Waals surface area contributed by atoms with Crippen molar-refractivity contribution in [2.45, 2.75) is 152 Å². The third-order valence-corrected chi connectivity index (χ3v) is 21.4. The summed E-state index contributed by atoms with van der Waals surface area (Å²) in [6, 6.07) is 5.47. The Morgan fingerprint density at radius 3 is 0.575 bits per heavy atom. The molecule has 42 heteroatoms. The van der Waals surface area contributed by atoms with Gasteiger partial charge in [0.25, 0.3) is 35.4 Å². The van der Waals surface area contributed by atoms with E-state index in [1.165, 1.54) is 14.7 Å². The van der Waals surface area contributed by atoms with Crippen LogP contribution < -0.4 is 66.3 Å². The van der Waals surface area contributed by atoms with Gasteiger partial charge in [-0.2, -0.15) is 0 Å². The predicted molar refractivity (Wildman–Crippen MR) is 401 cm³/mol. The van der Waals surface area contributed by atoms with Gasteiger partial charge in [0.15, 0.2) is 0 Å². The molecule has 2 unspecified atom stereocenters. The normalized spacial score (nSPS) is 24.1. The van der Waals surface area contributed by atoms with E-state index in [4.69, 9.17) is 38.5 Å². The Hall–Kier alpha value is -14.6. The molecule has 6 fully saturated rings. The number of carbonyl (C=O) groups excluding carboxylic acids is 18. The highest BCUT2D eigenvalue weighted by molar-refractivity contribution is 6.12. The summed E-state index contributed by atoms with van der Waals surface area (Å²) in [6.07, 6.45) is 0.977. The Labute approximate surface area is 677 Å². The molecule has 18 amide bonds. The SMILES string of the molecule is Nc1cc(F)cc2c1CN(C1CCC(=O)NC1=O)C2=O.Nc1cc(F)cc2c1CN([C@@H]1CCC(=O)NC1=O)C2=O.Nc1cc(F)cc2c1CN([C@H]1CCC(=O)NC1=O)C2=O.[2H]C1(N2Cc3c(N)cc(F)cc3C2=O)CCC(=O)NC1=O.[2H][C@@]1(N2Cc3c(N)cc(F)cc3C2=O)CCC(=O)NC1=O.[2H][C@]1(N2Cc3c(N)cc(F)cc3C2=O)CCC(=O)NC1=O. The van der Waals surface area contributed by atoms with Gasteiger partial charge in [0.05, 0.1) is 4.11 Å². The zero-order valence-electron chi connectivity index (χ0n) is 65.7. The molecule has 6 saturated heterocycles. The number of rotatable bonds is 6. The highest BCUT2D eigenvalue weighted by Crippen LogP contribution is 2.39. The number of nitrogens with two attached hydrogens (primary N) is 6. The fourth-order valence-corrected chi connectivity index (χ4v) is 15.4. The molecule has 0 saturated carbocycles. The van der Waals surface area contributed by atoms with Crippen molar-refractivity contribution in [3.8, 4) is 0 Å². The van der Waals surface area contributed by atoms with Crippen LogP contribution in [0.1, 0.15) is 177 Å². The van der Waals surface area contributed by atoms with Crippen LogP contribution in [-0.4, -0.2) is 172 Å². The van der Waals surface area contributed by atoms with Crippen LogP contribution in [0.4, 0.5) is 60.5 Å². The average Bonchev–Trinajstić information content (AvgIpc) is 1.59. The van der Waals surface area contributed by atoms with Gasteiger partial charge < -0.3 is 63.8 Å². The Balaban J connectivity index is 0.000000127. The summed E-state index contributed by atoms with van der Waals surface area (Å²) in [5.41, 5.74) is 38.6. The topological polar surface area (TPSA) is 555 Å². The molecule has 0 bridgehead atoms. The second kappa shape index (κ2) is 33.2. The maximum atomic E-state index is 13.4. The molecular weight excluding hydrogens is 1590 g/mol. The van der Waals surface area contributed by atoms with Crippen molar-refractivity contribution in [2.24, 2.45) is 0 Å². The van der Waals surface area contributed by atoms with E-state index in [1.807, 2.05) is 0 Å². The largest absolute Gasteiger partial charge is 0.398 e. The van der Waals surface area contributed by atoms with E-state index in [2.05, 4.69) is 31.9 Å². The maximum absolute atomic E-state index is 13.4. The quantitative estimate of drug-likeness (QED) is 0.0629. The number of amides is 18. The van der Waals surface area contributed by atoms with Crippen molar-refractivity contribution in [3.05, 3.63) is 174 Å². The molecule has 18 N–H and O–H groups in total. The van der Waals surface area contributed by atoms with Gasteiger partial charge in [-0.3, -0.25) is 118 Å². The summed E-state index contributed by atoms with van der Waals surface area (Å²) in [5.74, 6) is -13.4. The molecular formula is C78H72F6N18O18. The second-order valence-corrected chi connectivity index (χ2v) is 29.0. The molecule has 0 spiro atoms. The van der Waals surface area contributed by atoms with E-state index >= 15 is 0 Å². The Morgan fingerprint density at radius 1 is 0.242 bits per heavy atom. The van der Waals surface area contributed by atoms with Crippen LogP contribution in [0, 0.1) is 34.9 Å². The summed E-state index contributed by atoms with van der Waals surface area (Å²) >= 11 is 0. The van der Waals surface area contributed by atoms with Crippen molar-refractivity contribution < 1.29 is 117 Å². The van der Waals surface area contributed by atoms with Crippen molar-refractivity contribution in [3.63, 3.8) is 0 Å². The van der Waals surface area contributed by atoms with Crippen LogP contribution in [0.15, 0.2) is 72.8 Å². The van der Waals surface area contributed by atoms with Crippen LogP contribution in [0.2, 0.25) is 0 Å². The van der Waals surface area contributed by atoms with Crippen LogP contribution in [0.25, 0.3) is 0 Å². The molecule has 624 valence electrons. The fourth-order valence-electron chi connectivity index (χ4n) is 15.4. The number of nitrogens with one attached hydrogen (secondary N) is 6. The van der Waals surface area contributed by atoms with Crippen molar-refractivity contribution >= 4 is 140 Å². The van der Waals surface area contributed by atoms with Gasteiger partial charge in [0.2, 0.25) is 70.9 Å². The van der Waals surface area contributed by atoms with E-state index in [-0.39, 0.29) is 202 Å². The standard InChI is InChI=1S/6C13H12FN3O3/c6*14-6-3-7-8(9(15)4-6)5-17(13(7)20)10-1-2-11(18)16-12(10)19/h6*3-4,10H,1-2,5,15H2,(H,16,18,19)/t4*10-;;/m1100../s1/i10D;;10D;;10D;. The van der Waals surface area contributed by atoms with E-state index < -0.39 is 160 Å². The van der Waals surface area contributed by atoms with E-state index in [9.17, 15) is 113 Å². The lowest BCUT2D eigenvalue weighted by atomic mass is 10.0. The summed E-state index contributed by atoms with van der Waals surface area (Å²) in [4.78, 5) is 219. The minimum atomic E-state index is -1.88. The number of imide groups is 6. The molecule has 0 aliphatic carbocycles. The van der Waals surface area contributed by atoms with Gasteiger partial charge in [0.1, 0.15) is 71.1 Å². The number of fused-ring (bicyclic) bond motifs is 6. The molecule has 36 nitrogen and oxygen atoms in total. The van der Waals surface area contributed by atoms with Crippen LogP contribution in [0.5, 0.6) is 0 Å².